The van der Waals surface area contributed by atoms with Crippen LogP contribution in [0.2, 0.25) is 0 Å². The van der Waals surface area contributed by atoms with Gasteiger partial charge in [0.2, 0.25) is 15.9 Å². The Morgan fingerprint density at radius 3 is 2.39 bits per heavy atom. The van der Waals surface area contributed by atoms with Crippen molar-refractivity contribution in [3.63, 3.8) is 0 Å². The zero-order valence-electron chi connectivity index (χ0n) is 18.1. The van der Waals surface area contributed by atoms with Crippen molar-refractivity contribution in [2.24, 2.45) is 0 Å². The molecule has 1 atom stereocenters. The number of ether oxygens (including phenoxy) is 3. The second-order valence-corrected chi connectivity index (χ2v) is 8.52. The molecule has 0 heterocycles. The lowest BCUT2D eigenvalue weighted by atomic mass is 10.1. The molecule has 8 nitrogen and oxygen atoms in total. The van der Waals surface area contributed by atoms with Gasteiger partial charge in [-0.2, -0.15) is 4.72 Å². The first-order chi connectivity index (χ1) is 14.9. The highest BCUT2D eigenvalue weighted by molar-refractivity contribution is 7.89. The normalized spacial score (nSPS) is 12.4. The average molecular weight is 451 g/mol. The minimum atomic E-state index is -3.83. The van der Waals surface area contributed by atoms with Crippen LogP contribution in [0.4, 0.5) is 0 Å². The summed E-state index contributed by atoms with van der Waals surface area (Å²) < 4.78 is 43.2. The highest BCUT2D eigenvalue weighted by Gasteiger charge is 2.22. The first-order valence-corrected chi connectivity index (χ1v) is 11.5. The van der Waals surface area contributed by atoms with Gasteiger partial charge in [-0.15, -0.1) is 0 Å². The number of sulfonamides is 1. The van der Waals surface area contributed by atoms with Gasteiger partial charge in [0.05, 0.1) is 37.9 Å². The van der Waals surface area contributed by atoms with E-state index < -0.39 is 22.0 Å². The standard InChI is InChI=1S/C22H30N2O6S/c1-4-29-12-13-30-16-19-7-5-6-18(14-19)15-23-22(25)17(2)24-31(26,27)21-10-8-20(28-3)9-11-21/h5-11,14,17,24H,4,12-13,15-16H2,1-3H3,(H,23,25)/t17-/m0/s1. The Balaban J connectivity index is 1.85. The number of rotatable bonds is 13. The number of carbonyl (C=O) groups excluding carboxylic acids is 1. The molecule has 2 aromatic carbocycles. The van der Waals surface area contributed by atoms with Crippen LogP contribution < -0.4 is 14.8 Å². The predicted octanol–water partition coefficient (Wildman–Crippen LogP) is 2.23. The van der Waals surface area contributed by atoms with Crippen LogP contribution in [0.3, 0.4) is 0 Å². The quantitative estimate of drug-likeness (QED) is 0.454. The molecule has 0 aliphatic heterocycles. The number of hydrogen-bond acceptors (Lipinski definition) is 6. The summed E-state index contributed by atoms with van der Waals surface area (Å²) in [6.45, 7) is 5.89. The second kappa shape index (κ2) is 12.4. The molecule has 0 bridgehead atoms. The molecule has 0 unspecified atom stereocenters. The molecule has 0 fully saturated rings. The van der Waals surface area contributed by atoms with E-state index in [1.165, 1.54) is 26.2 Å². The monoisotopic (exact) mass is 450 g/mol. The van der Waals surface area contributed by atoms with Crippen LogP contribution >= 0.6 is 0 Å². The van der Waals surface area contributed by atoms with Crippen molar-refractivity contribution in [3.8, 4) is 5.75 Å². The molecule has 0 aliphatic rings. The molecule has 170 valence electrons. The summed E-state index contributed by atoms with van der Waals surface area (Å²) in [4.78, 5) is 12.4. The minimum absolute atomic E-state index is 0.0602. The van der Waals surface area contributed by atoms with Gasteiger partial charge >= 0.3 is 0 Å². The molecule has 2 rings (SSSR count). The van der Waals surface area contributed by atoms with Crippen LogP contribution in [0.25, 0.3) is 0 Å². The van der Waals surface area contributed by atoms with Crippen molar-refractivity contribution in [1.82, 2.24) is 10.0 Å². The SMILES string of the molecule is CCOCCOCc1cccc(CNC(=O)[C@H](C)NS(=O)(=O)c2ccc(OC)cc2)c1. The lowest BCUT2D eigenvalue weighted by molar-refractivity contribution is -0.122. The summed E-state index contributed by atoms with van der Waals surface area (Å²) in [5, 5.41) is 2.76. The van der Waals surface area contributed by atoms with Gasteiger partial charge in [0, 0.05) is 13.2 Å². The number of benzene rings is 2. The number of nitrogens with one attached hydrogen (secondary N) is 2. The molecular weight excluding hydrogens is 420 g/mol. The smallest absolute Gasteiger partial charge is 0.241 e. The Labute approximate surface area is 184 Å². The number of amides is 1. The zero-order chi connectivity index (χ0) is 22.7. The van der Waals surface area contributed by atoms with Gasteiger partial charge in [0.25, 0.3) is 0 Å². The van der Waals surface area contributed by atoms with E-state index in [1.807, 2.05) is 31.2 Å². The van der Waals surface area contributed by atoms with Gasteiger partial charge in [-0.1, -0.05) is 24.3 Å². The Hall–Kier alpha value is -2.46. The van der Waals surface area contributed by atoms with E-state index in [0.29, 0.717) is 32.2 Å². The minimum Gasteiger partial charge on any atom is -0.497 e. The summed E-state index contributed by atoms with van der Waals surface area (Å²) >= 11 is 0. The van der Waals surface area contributed by atoms with E-state index in [4.69, 9.17) is 14.2 Å². The van der Waals surface area contributed by atoms with Crippen molar-refractivity contribution >= 4 is 15.9 Å². The van der Waals surface area contributed by atoms with E-state index >= 15 is 0 Å². The van der Waals surface area contributed by atoms with Crippen molar-refractivity contribution in [1.29, 1.82) is 0 Å². The summed E-state index contributed by atoms with van der Waals surface area (Å²) in [6.07, 6.45) is 0. The fourth-order valence-corrected chi connectivity index (χ4v) is 3.94. The molecular formula is C22H30N2O6S. The molecule has 0 saturated heterocycles. The van der Waals surface area contributed by atoms with Gasteiger partial charge in [0.1, 0.15) is 5.75 Å². The fraction of sp³-hybridized carbons (Fsp3) is 0.409. The molecule has 0 aromatic heterocycles. The Kier molecular flexibility index (Phi) is 9.93. The van der Waals surface area contributed by atoms with Crippen molar-refractivity contribution in [2.45, 2.75) is 37.9 Å². The van der Waals surface area contributed by atoms with E-state index in [2.05, 4.69) is 10.0 Å². The Morgan fingerprint density at radius 2 is 1.71 bits per heavy atom. The van der Waals surface area contributed by atoms with E-state index in [9.17, 15) is 13.2 Å². The van der Waals surface area contributed by atoms with Crippen molar-refractivity contribution < 1.29 is 27.4 Å². The van der Waals surface area contributed by atoms with Crippen LogP contribution in [0, 0.1) is 0 Å². The maximum Gasteiger partial charge on any atom is 0.241 e. The largest absolute Gasteiger partial charge is 0.497 e. The van der Waals surface area contributed by atoms with E-state index in [-0.39, 0.29) is 11.4 Å². The van der Waals surface area contributed by atoms with Crippen LogP contribution in [0.1, 0.15) is 25.0 Å². The Morgan fingerprint density at radius 1 is 1.03 bits per heavy atom. The van der Waals surface area contributed by atoms with E-state index in [0.717, 1.165) is 11.1 Å². The molecule has 0 aliphatic carbocycles. The lowest BCUT2D eigenvalue weighted by Crippen LogP contribution is -2.44. The summed E-state index contributed by atoms with van der Waals surface area (Å²) in [6, 6.07) is 12.7. The summed E-state index contributed by atoms with van der Waals surface area (Å²) in [7, 11) is -2.33. The number of carbonyl (C=O) groups is 1. The topological polar surface area (TPSA) is 103 Å². The van der Waals surface area contributed by atoms with Crippen molar-refractivity contribution in [3.05, 3.63) is 59.7 Å². The van der Waals surface area contributed by atoms with Gasteiger partial charge in [-0.25, -0.2) is 8.42 Å². The fourth-order valence-electron chi connectivity index (χ4n) is 2.73. The first kappa shape index (κ1) is 24.8. The maximum absolute atomic E-state index is 12.5. The predicted molar refractivity (Wildman–Crippen MR) is 117 cm³/mol. The van der Waals surface area contributed by atoms with Gasteiger partial charge in [-0.05, 0) is 49.2 Å². The summed E-state index contributed by atoms with van der Waals surface area (Å²) in [5.74, 6) is 0.127. The van der Waals surface area contributed by atoms with Gasteiger partial charge in [0.15, 0.2) is 0 Å². The molecule has 0 saturated carbocycles. The molecule has 31 heavy (non-hydrogen) atoms. The van der Waals surface area contributed by atoms with Crippen LogP contribution in [-0.2, 0) is 37.4 Å². The molecule has 9 heteroatoms. The molecule has 0 radical (unpaired) electrons. The lowest BCUT2D eigenvalue weighted by Gasteiger charge is -2.15. The highest BCUT2D eigenvalue weighted by Crippen LogP contribution is 2.15. The second-order valence-electron chi connectivity index (χ2n) is 6.81. The molecule has 2 N–H and O–H groups in total. The van der Waals surface area contributed by atoms with Crippen LogP contribution in [0.15, 0.2) is 53.4 Å². The number of hydrogen-bond donors (Lipinski definition) is 2. The summed E-state index contributed by atoms with van der Waals surface area (Å²) in [5.41, 5.74) is 1.88. The van der Waals surface area contributed by atoms with Crippen molar-refractivity contribution in [2.75, 3.05) is 26.9 Å². The first-order valence-electron chi connectivity index (χ1n) is 10.0. The highest BCUT2D eigenvalue weighted by atomic mass is 32.2. The molecule has 2 aromatic rings. The third-order valence-corrected chi connectivity index (χ3v) is 5.95. The van der Waals surface area contributed by atoms with Crippen LogP contribution in [-0.4, -0.2) is 47.3 Å². The third-order valence-electron chi connectivity index (χ3n) is 4.40. The van der Waals surface area contributed by atoms with Gasteiger partial charge in [-0.3, -0.25) is 4.79 Å². The average Bonchev–Trinajstić information content (AvgIpc) is 2.77. The third kappa shape index (κ3) is 8.29. The molecule has 1 amide bonds. The maximum atomic E-state index is 12.5. The zero-order valence-corrected chi connectivity index (χ0v) is 18.9. The molecule has 0 spiro atoms. The Bertz CT molecular complexity index is 931. The van der Waals surface area contributed by atoms with Gasteiger partial charge < -0.3 is 19.5 Å². The van der Waals surface area contributed by atoms with E-state index in [1.54, 1.807) is 12.1 Å². The van der Waals surface area contributed by atoms with Crippen LogP contribution in [0.5, 0.6) is 5.75 Å². The number of methoxy groups -OCH3 is 1.